The van der Waals surface area contributed by atoms with Crippen LogP contribution in [-0.2, 0) is 30.5 Å². The molecule has 210 valence electrons. The Morgan fingerprint density at radius 1 is 0.878 bits per heavy atom. The van der Waals surface area contributed by atoms with E-state index in [0.29, 0.717) is 36.0 Å². The number of hydrogen-bond donors (Lipinski definition) is 2. The number of hydrogen-bond acceptors (Lipinski definition) is 8. The summed E-state index contributed by atoms with van der Waals surface area (Å²) in [5.74, 6) is -0.580. The molecule has 1 aliphatic heterocycles. The SMILES string of the molecule is O=C(Nc1sc2c(c1C(=O)Nc1ccc(Cc3ccncc3)cc1)CCCC2)c1cncc(CN2CCOCC2)n1. The lowest BCUT2D eigenvalue weighted by Gasteiger charge is -2.26. The van der Waals surface area contributed by atoms with Crippen LogP contribution in [0.3, 0.4) is 0 Å². The van der Waals surface area contributed by atoms with Crippen LogP contribution in [0.1, 0.15) is 60.9 Å². The number of aryl methyl sites for hydroxylation is 1. The lowest BCUT2D eigenvalue weighted by molar-refractivity contribution is 0.0335. The van der Waals surface area contributed by atoms with Crippen molar-refractivity contribution in [2.75, 3.05) is 36.9 Å². The van der Waals surface area contributed by atoms with Gasteiger partial charge in [-0.15, -0.1) is 11.3 Å². The topological polar surface area (TPSA) is 109 Å². The smallest absolute Gasteiger partial charge is 0.276 e. The molecule has 2 N–H and O–H groups in total. The molecule has 1 fully saturated rings. The highest BCUT2D eigenvalue weighted by atomic mass is 32.1. The Hall–Kier alpha value is -3.99. The Kier molecular flexibility index (Phi) is 8.41. The molecule has 6 rings (SSSR count). The molecule has 9 nitrogen and oxygen atoms in total. The third-order valence-electron chi connectivity index (χ3n) is 7.40. The van der Waals surface area contributed by atoms with Gasteiger partial charge in [0.05, 0.1) is 30.7 Å². The van der Waals surface area contributed by atoms with Crippen molar-refractivity contribution in [1.82, 2.24) is 19.9 Å². The summed E-state index contributed by atoms with van der Waals surface area (Å²) in [5.41, 5.74) is 5.59. The Balaban J connectivity index is 1.18. The maximum atomic E-state index is 13.6. The molecule has 0 unspecified atom stereocenters. The number of aromatic nitrogens is 3. The monoisotopic (exact) mass is 568 g/mol. The van der Waals surface area contributed by atoms with Crippen LogP contribution in [-0.4, -0.2) is 58.0 Å². The number of nitrogens with one attached hydrogen (secondary N) is 2. The van der Waals surface area contributed by atoms with Crippen molar-refractivity contribution < 1.29 is 14.3 Å². The van der Waals surface area contributed by atoms with Crippen LogP contribution in [0.5, 0.6) is 0 Å². The molecule has 0 atom stereocenters. The third kappa shape index (κ3) is 6.67. The zero-order chi connectivity index (χ0) is 28.0. The minimum absolute atomic E-state index is 0.214. The van der Waals surface area contributed by atoms with E-state index in [1.54, 1.807) is 18.6 Å². The maximum Gasteiger partial charge on any atom is 0.276 e. The number of rotatable bonds is 8. The molecule has 1 saturated heterocycles. The number of amides is 2. The highest BCUT2D eigenvalue weighted by Crippen LogP contribution is 2.38. The van der Waals surface area contributed by atoms with Crippen LogP contribution >= 0.6 is 11.3 Å². The van der Waals surface area contributed by atoms with E-state index in [1.807, 2.05) is 36.4 Å². The predicted octanol–water partition coefficient (Wildman–Crippen LogP) is 4.74. The lowest BCUT2D eigenvalue weighted by atomic mass is 9.95. The fourth-order valence-corrected chi connectivity index (χ4v) is 6.56. The van der Waals surface area contributed by atoms with Gasteiger partial charge >= 0.3 is 0 Å². The van der Waals surface area contributed by atoms with Gasteiger partial charge in [-0.3, -0.25) is 24.5 Å². The molecule has 41 heavy (non-hydrogen) atoms. The van der Waals surface area contributed by atoms with Crippen molar-refractivity contribution in [2.45, 2.75) is 38.6 Å². The predicted molar refractivity (Wildman–Crippen MR) is 158 cm³/mol. The van der Waals surface area contributed by atoms with Crippen LogP contribution in [0.15, 0.2) is 61.2 Å². The number of carbonyl (C=O) groups excluding carboxylic acids is 2. The summed E-state index contributed by atoms with van der Waals surface area (Å²) < 4.78 is 5.42. The molecule has 1 aromatic carbocycles. The van der Waals surface area contributed by atoms with Gasteiger partial charge in [-0.1, -0.05) is 12.1 Å². The van der Waals surface area contributed by atoms with E-state index in [-0.39, 0.29) is 17.5 Å². The molecule has 0 saturated carbocycles. The summed E-state index contributed by atoms with van der Waals surface area (Å²) >= 11 is 1.49. The molecule has 0 spiro atoms. The summed E-state index contributed by atoms with van der Waals surface area (Å²) in [4.78, 5) is 43.2. The van der Waals surface area contributed by atoms with Crippen molar-refractivity contribution in [2.24, 2.45) is 0 Å². The third-order valence-corrected chi connectivity index (χ3v) is 8.61. The summed E-state index contributed by atoms with van der Waals surface area (Å²) in [6, 6.07) is 11.9. The van der Waals surface area contributed by atoms with E-state index in [4.69, 9.17) is 4.74 Å². The van der Waals surface area contributed by atoms with Gasteiger partial charge in [-0.2, -0.15) is 0 Å². The number of carbonyl (C=O) groups is 2. The molecule has 1 aliphatic carbocycles. The van der Waals surface area contributed by atoms with Gasteiger partial charge in [0.25, 0.3) is 11.8 Å². The molecule has 0 radical (unpaired) electrons. The quantitative estimate of drug-likeness (QED) is 0.316. The zero-order valence-electron chi connectivity index (χ0n) is 22.8. The molecule has 2 aliphatic rings. The summed E-state index contributed by atoms with van der Waals surface area (Å²) in [6.45, 7) is 3.64. The summed E-state index contributed by atoms with van der Waals surface area (Å²) in [5, 5.41) is 6.62. The number of nitrogens with zero attached hydrogens (tertiary/aromatic N) is 4. The van der Waals surface area contributed by atoms with Crippen LogP contribution in [0.2, 0.25) is 0 Å². The Morgan fingerprint density at radius 2 is 1.63 bits per heavy atom. The van der Waals surface area contributed by atoms with E-state index < -0.39 is 0 Å². The molecule has 4 aromatic rings. The van der Waals surface area contributed by atoms with Gasteiger partial charge in [0, 0.05) is 48.8 Å². The van der Waals surface area contributed by atoms with Gasteiger partial charge in [-0.25, -0.2) is 4.98 Å². The standard InChI is InChI=1S/C31H32N6O3S/c38-29(26-19-33-18-24(34-26)20-37-13-15-40-16-14-37)36-31-28(25-3-1-2-4-27(25)41-31)30(39)35-23-7-5-21(6-8-23)17-22-9-11-32-12-10-22/h5-12,18-19H,1-4,13-17,20H2,(H,35,39)(H,36,38). The van der Waals surface area contributed by atoms with Gasteiger partial charge in [0.1, 0.15) is 10.7 Å². The van der Waals surface area contributed by atoms with E-state index >= 15 is 0 Å². The summed E-state index contributed by atoms with van der Waals surface area (Å²) in [6.07, 6.45) is 11.4. The molecule has 0 bridgehead atoms. The Labute approximate surface area is 243 Å². The van der Waals surface area contributed by atoms with Gasteiger partial charge in [0.2, 0.25) is 0 Å². The molecular weight excluding hydrogens is 536 g/mol. The van der Waals surface area contributed by atoms with E-state index in [1.165, 1.54) is 23.1 Å². The minimum Gasteiger partial charge on any atom is -0.379 e. The number of fused-ring (bicyclic) bond motifs is 1. The van der Waals surface area contributed by atoms with Gasteiger partial charge in [-0.05, 0) is 73.1 Å². The van der Waals surface area contributed by atoms with E-state index in [9.17, 15) is 9.59 Å². The molecule has 10 heteroatoms. The highest BCUT2D eigenvalue weighted by molar-refractivity contribution is 7.17. The zero-order valence-corrected chi connectivity index (χ0v) is 23.6. The molecular formula is C31H32N6O3S. The van der Waals surface area contributed by atoms with Crippen molar-refractivity contribution in [3.63, 3.8) is 0 Å². The maximum absolute atomic E-state index is 13.6. The second-order valence-electron chi connectivity index (χ2n) is 10.3. The largest absolute Gasteiger partial charge is 0.379 e. The van der Waals surface area contributed by atoms with E-state index in [2.05, 4.69) is 30.5 Å². The van der Waals surface area contributed by atoms with Crippen LogP contribution in [0, 0.1) is 0 Å². The Morgan fingerprint density at radius 3 is 2.44 bits per heavy atom. The molecule has 3 aromatic heterocycles. The second-order valence-corrected chi connectivity index (χ2v) is 11.4. The number of benzene rings is 1. The average Bonchev–Trinajstić information content (AvgIpc) is 3.37. The van der Waals surface area contributed by atoms with Crippen molar-refractivity contribution in [3.05, 3.63) is 99.7 Å². The van der Waals surface area contributed by atoms with Gasteiger partial charge in [0.15, 0.2) is 0 Å². The highest BCUT2D eigenvalue weighted by Gasteiger charge is 2.27. The summed E-state index contributed by atoms with van der Waals surface area (Å²) in [7, 11) is 0. The van der Waals surface area contributed by atoms with Gasteiger partial charge < -0.3 is 15.4 Å². The number of pyridine rings is 1. The van der Waals surface area contributed by atoms with Crippen molar-refractivity contribution in [1.29, 1.82) is 0 Å². The first-order chi connectivity index (χ1) is 20.1. The normalized spacial score (nSPS) is 15.2. The van der Waals surface area contributed by atoms with E-state index in [0.717, 1.165) is 66.9 Å². The molecule has 4 heterocycles. The number of morpholine rings is 1. The van der Waals surface area contributed by atoms with Crippen LogP contribution in [0.25, 0.3) is 0 Å². The van der Waals surface area contributed by atoms with Crippen LogP contribution in [0.4, 0.5) is 10.7 Å². The minimum atomic E-state index is -0.366. The average molecular weight is 569 g/mol. The second kappa shape index (κ2) is 12.7. The van der Waals surface area contributed by atoms with Crippen molar-refractivity contribution in [3.8, 4) is 0 Å². The van der Waals surface area contributed by atoms with Crippen molar-refractivity contribution >= 4 is 33.8 Å². The number of thiophene rings is 1. The number of ether oxygens (including phenoxy) is 1. The Bertz CT molecular complexity index is 1520. The van der Waals surface area contributed by atoms with Crippen LogP contribution < -0.4 is 10.6 Å². The molecule has 2 amide bonds. The first-order valence-corrected chi connectivity index (χ1v) is 14.8. The fourth-order valence-electron chi connectivity index (χ4n) is 5.28. The first-order valence-electron chi connectivity index (χ1n) is 14.0. The lowest BCUT2D eigenvalue weighted by Crippen LogP contribution is -2.36. The fraction of sp³-hybridized carbons (Fsp3) is 0.323. The first kappa shape index (κ1) is 27.2. The number of anilines is 2.